The topological polar surface area (TPSA) is 87.3 Å². The summed E-state index contributed by atoms with van der Waals surface area (Å²) < 4.78 is 39.7. The molecule has 0 fully saturated rings. The molecule has 140 valence electrons. The van der Waals surface area contributed by atoms with Crippen molar-refractivity contribution in [2.75, 3.05) is 0 Å². The first-order valence-corrected chi connectivity index (χ1v) is 9.62. The fourth-order valence-corrected chi connectivity index (χ4v) is 3.55. The van der Waals surface area contributed by atoms with Crippen LogP contribution >= 0.6 is 0 Å². The molecule has 2 rings (SSSR count). The highest BCUT2D eigenvalue weighted by molar-refractivity contribution is 7.89. The zero-order valence-electron chi connectivity index (χ0n) is 14.6. The predicted molar refractivity (Wildman–Crippen MR) is 97.4 cm³/mol. The Kier molecular flexibility index (Phi) is 6.70. The zero-order valence-corrected chi connectivity index (χ0v) is 15.4. The van der Waals surface area contributed by atoms with Gasteiger partial charge in [0.15, 0.2) is 0 Å². The number of sulfonamides is 1. The van der Waals surface area contributed by atoms with Crippen LogP contribution in [-0.4, -0.2) is 20.5 Å². The van der Waals surface area contributed by atoms with Gasteiger partial charge in [-0.15, -0.1) is 0 Å². The summed E-state index contributed by atoms with van der Waals surface area (Å²) in [5.41, 5.74) is 1.43. The minimum absolute atomic E-state index is 0.150. The van der Waals surface area contributed by atoms with Gasteiger partial charge in [-0.25, -0.2) is 22.3 Å². The molecule has 2 amide bonds. The van der Waals surface area contributed by atoms with Crippen LogP contribution in [0.4, 0.5) is 9.18 Å². The van der Waals surface area contributed by atoms with E-state index in [9.17, 15) is 17.6 Å². The minimum Gasteiger partial charge on any atom is -0.334 e. The van der Waals surface area contributed by atoms with Crippen LogP contribution in [0.5, 0.6) is 0 Å². The van der Waals surface area contributed by atoms with Gasteiger partial charge >= 0.3 is 6.03 Å². The number of hydrogen-bond acceptors (Lipinski definition) is 3. The summed E-state index contributed by atoms with van der Waals surface area (Å²) in [4.78, 5) is 12.0. The number of rotatable bonds is 7. The Morgan fingerprint density at radius 2 is 1.62 bits per heavy atom. The lowest BCUT2D eigenvalue weighted by Gasteiger charge is -2.11. The van der Waals surface area contributed by atoms with Crippen LogP contribution in [0.15, 0.2) is 53.4 Å². The van der Waals surface area contributed by atoms with Crippen LogP contribution in [0, 0.1) is 5.82 Å². The number of halogens is 1. The first-order valence-electron chi connectivity index (χ1n) is 8.14. The normalized spacial score (nSPS) is 11.4. The first kappa shape index (κ1) is 19.9. The maximum Gasteiger partial charge on any atom is 0.315 e. The first-order chi connectivity index (χ1) is 12.3. The second kappa shape index (κ2) is 8.77. The SMILES string of the molecule is CC(C)NS(=O)(=O)c1cccc(CNC(=O)NCc2ccc(F)cc2)c1. The zero-order chi connectivity index (χ0) is 19.2. The predicted octanol–water partition coefficient (Wildman–Crippen LogP) is 2.51. The van der Waals surface area contributed by atoms with Gasteiger partial charge in [-0.05, 0) is 49.2 Å². The lowest BCUT2D eigenvalue weighted by Crippen LogP contribution is -2.34. The van der Waals surface area contributed by atoms with Gasteiger partial charge in [-0.3, -0.25) is 0 Å². The minimum atomic E-state index is -3.58. The number of benzene rings is 2. The number of nitrogens with one attached hydrogen (secondary N) is 3. The van der Waals surface area contributed by atoms with Gasteiger partial charge in [0.1, 0.15) is 5.82 Å². The second-order valence-corrected chi connectivity index (χ2v) is 7.80. The highest BCUT2D eigenvalue weighted by atomic mass is 32.2. The summed E-state index contributed by atoms with van der Waals surface area (Å²) in [6, 6.07) is 11.6. The molecule has 0 aromatic heterocycles. The summed E-state index contributed by atoms with van der Waals surface area (Å²) >= 11 is 0. The summed E-state index contributed by atoms with van der Waals surface area (Å²) in [6.07, 6.45) is 0. The third kappa shape index (κ3) is 6.12. The Balaban J connectivity index is 1.89. The van der Waals surface area contributed by atoms with Crippen molar-refractivity contribution in [3.63, 3.8) is 0 Å². The van der Waals surface area contributed by atoms with Crippen LogP contribution in [0.3, 0.4) is 0 Å². The van der Waals surface area contributed by atoms with E-state index in [-0.39, 0.29) is 29.8 Å². The van der Waals surface area contributed by atoms with E-state index in [1.54, 1.807) is 38.1 Å². The molecule has 0 aliphatic heterocycles. The maximum atomic E-state index is 12.8. The molecule has 0 radical (unpaired) electrons. The lowest BCUT2D eigenvalue weighted by atomic mass is 10.2. The molecular weight excluding hydrogens is 357 g/mol. The van der Waals surface area contributed by atoms with Crippen molar-refractivity contribution >= 4 is 16.1 Å². The van der Waals surface area contributed by atoms with Crippen molar-refractivity contribution in [2.24, 2.45) is 0 Å². The second-order valence-electron chi connectivity index (χ2n) is 6.09. The molecule has 0 heterocycles. The summed E-state index contributed by atoms with van der Waals surface area (Å²) in [5, 5.41) is 5.32. The Morgan fingerprint density at radius 1 is 1.00 bits per heavy atom. The maximum absolute atomic E-state index is 12.8. The summed E-state index contributed by atoms with van der Waals surface area (Å²) in [6.45, 7) is 3.93. The monoisotopic (exact) mass is 379 g/mol. The number of carbonyl (C=O) groups is 1. The van der Waals surface area contributed by atoms with E-state index in [1.165, 1.54) is 24.3 Å². The smallest absolute Gasteiger partial charge is 0.315 e. The van der Waals surface area contributed by atoms with Crippen LogP contribution in [0.25, 0.3) is 0 Å². The van der Waals surface area contributed by atoms with Crippen molar-refractivity contribution in [2.45, 2.75) is 37.9 Å². The van der Waals surface area contributed by atoms with Crippen LogP contribution < -0.4 is 15.4 Å². The number of hydrogen-bond donors (Lipinski definition) is 3. The van der Waals surface area contributed by atoms with E-state index >= 15 is 0 Å². The van der Waals surface area contributed by atoms with Crippen molar-refractivity contribution in [3.05, 3.63) is 65.5 Å². The van der Waals surface area contributed by atoms with Gasteiger partial charge in [0.25, 0.3) is 0 Å². The number of carbonyl (C=O) groups excluding carboxylic acids is 1. The largest absolute Gasteiger partial charge is 0.334 e. The molecular formula is C18H22FN3O3S. The molecule has 0 aliphatic rings. The van der Waals surface area contributed by atoms with E-state index < -0.39 is 16.1 Å². The van der Waals surface area contributed by atoms with Gasteiger partial charge in [-0.1, -0.05) is 24.3 Å². The number of amides is 2. The lowest BCUT2D eigenvalue weighted by molar-refractivity contribution is 0.240. The van der Waals surface area contributed by atoms with Crippen molar-refractivity contribution in [1.29, 1.82) is 0 Å². The van der Waals surface area contributed by atoms with E-state index in [1.807, 2.05) is 0 Å². The number of urea groups is 1. The molecule has 0 saturated heterocycles. The van der Waals surface area contributed by atoms with Crippen molar-refractivity contribution in [3.8, 4) is 0 Å². The Morgan fingerprint density at radius 3 is 2.23 bits per heavy atom. The third-order valence-electron chi connectivity index (χ3n) is 3.42. The highest BCUT2D eigenvalue weighted by Gasteiger charge is 2.15. The Labute approximate surface area is 152 Å². The molecule has 6 nitrogen and oxygen atoms in total. The molecule has 3 N–H and O–H groups in total. The average Bonchev–Trinajstić information content (AvgIpc) is 2.58. The van der Waals surface area contributed by atoms with E-state index in [2.05, 4.69) is 15.4 Å². The van der Waals surface area contributed by atoms with Crippen molar-refractivity contribution < 1.29 is 17.6 Å². The molecule has 0 atom stereocenters. The summed E-state index contributed by atoms with van der Waals surface area (Å²) in [7, 11) is -3.58. The van der Waals surface area contributed by atoms with E-state index in [0.717, 1.165) is 5.56 Å². The molecule has 2 aromatic rings. The Bertz CT molecular complexity index is 852. The molecule has 2 aromatic carbocycles. The van der Waals surface area contributed by atoms with Crippen molar-refractivity contribution in [1.82, 2.24) is 15.4 Å². The molecule has 26 heavy (non-hydrogen) atoms. The molecule has 8 heteroatoms. The van der Waals surface area contributed by atoms with E-state index in [0.29, 0.717) is 5.56 Å². The highest BCUT2D eigenvalue weighted by Crippen LogP contribution is 2.12. The molecule has 0 aliphatic carbocycles. The van der Waals surface area contributed by atoms with Gasteiger partial charge in [-0.2, -0.15) is 0 Å². The fourth-order valence-electron chi connectivity index (χ4n) is 2.23. The fraction of sp³-hybridized carbons (Fsp3) is 0.278. The van der Waals surface area contributed by atoms with Gasteiger partial charge in [0.2, 0.25) is 10.0 Å². The summed E-state index contributed by atoms with van der Waals surface area (Å²) in [5.74, 6) is -0.333. The molecule has 0 unspecified atom stereocenters. The quantitative estimate of drug-likeness (QED) is 0.691. The molecule has 0 spiro atoms. The van der Waals surface area contributed by atoms with Crippen LogP contribution in [-0.2, 0) is 23.1 Å². The van der Waals surface area contributed by atoms with Gasteiger partial charge < -0.3 is 10.6 Å². The Hall–Kier alpha value is -2.45. The molecule has 0 saturated carbocycles. The standard InChI is InChI=1S/C18H22FN3O3S/c1-13(2)22-26(24,25)17-5-3-4-15(10-17)12-21-18(23)20-11-14-6-8-16(19)9-7-14/h3-10,13,22H,11-12H2,1-2H3,(H2,20,21,23). The van der Waals surface area contributed by atoms with Crippen LogP contribution in [0.2, 0.25) is 0 Å². The molecule has 0 bridgehead atoms. The van der Waals surface area contributed by atoms with Gasteiger partial charge in [0.05, 0.1) is 4.90 Å². The van der Waals surface area contributed by atoms with Crippen LogP contribution in [0.1, 0.15) is 25.0 Å². The third-order valence-corrected chi connectivity index (χ3v) is 5.08. The average molecular weight is 379 g/mol. The van der Waals surface area contributed by atoms with E-state index in [4.69, 9.17) is 0 Å². The van der Waals surface area contributed by atoms with Gasteiger partial charge in [0, 0.05) is 19.1 Å².